The Labute approximate surface area is 128 Å². The van der Waals surface area contributed by atoms with Crippen molar-refractivity contribution in [3.8, 4) is 11.4 Å². The molecule has 1 aromatic carbocycles. The number of rotatable bonds is 2. The molecule has 0 aliphatic heterocycles. The van der Waals surface area contributed by atoms with Crippen LogP contribution in [0, 0.1) is 15.9 Å². The molecular weight excluding hydrogens is 350 g/mol. The maximum absolute atomic E-state index is 13.9. The fraction of sp³-hybridized carbons (Fsp3) is 0.0909. The molecule has 122 valence electrons. The molecule has 2 aromatic rings. The van der Waals surface area contributed by atoms with Gasteiger partial charge < -0.3 is 5.11 Å². The van der Waals surface area contributed by atoms with Crippen molar-refractivity contribution >= 4 is 17.3 Å². The third-order valence-electron chi connectivity index (χ3n) is 2.68. The van der Waals surface area contributed by atoms with Gasteiger partial charge >= 0.3 is 11.9 Å². The minimum Gasteiger partial charge on any atom is -0.501 e. The Bertz CT molecular complexity index is 866. The van der Waals surface area contributed by atoms with Gasteiger partial charge in [0, 0.05) is 6.07 Å². The third-order valence-corrected chi connectivity index (χ3v) is 2.96. The molecule has 1 N–H and O–H groups in total. The van der Waals surface area contributed by atoms with E-state index in [1.165, 1.54) is 0 Å². The molecule has 0 radical (unpaired) electrons. The SMILES string of the molecule is O=c1cc(C(F)(F)F)cnn1-c1c(F)cc(Cl)c(O)c1[N+](=O)[O-]. The molecule has 0 aliphatic rings. The first-order chi connectivity index (χ1) is 10.5. The number of aromatic hydroxyl groups is 1. The molecule has 0 saturated carbocycles. The van der Waals surface area contributed by atoms with Crippen LogP contribution < -0.4 is 5.56 Å². The van der Waals surface area contributed by atoms with Gasteiger partial charge in [-0.1, -0.05) is 11.6 Å². The summed E-state index contributed by atoms with van der Waals surface area (Å²) in [5.41, 5.74) is -5.33. The molecule has 7 nitrogen and oxygen atoms in total. The standard InChI is InChI=1S/C11H4ClF4N3O4/c12-5-2-6(13)8(9(10(5)21)19(22)23)18-7(20)1-4(3-17-18)11(14,15)16/h1-3,21H. The van der Waals surface area contributed by atoms with E-state index in [-0.39, 0.29) is 16.9 Å². The summed E-state index contributed by atoms with van der Waals surface area (Å²) < 4.78 is 51.4. The highest BCUT2D eigenvalue weighted by Gasteiger charge is 2.34. The van der Waals surface area contributed by atoms with Crippen LogP contribution in [0.15, 0.2) is 23.1 Å². The normalized spacial score (nSPS) is 11.5. The van der Waals surface area contributed by atoms with Crippen LogP contribution in [0.4, 0.5) is 23.2 Å². The lowest BCUT2D eigenvalue weighted by atomic mass is 10.2. The van der Waals surface area contributed by atoms with Gasteiger partial charge in [-0.15, -0.1) is 0 Å². The van der Waals surface area contributed by atoms with Gasteiger partial charge in [-0.3, -0.25) is 14.9 Å². The van der Waals surface area contributed by atoms with Crippen molar-refractivity contribution in [2.75, 3.05) is 0 Å². The van der Waals surface area contributed by atoms with Crippen molar-refractivity contribution < 1.29 is 27.6 Å². The predicted molar refractivity (Wildman–Crippen MR) is 68.1 cm³/mol. The number of phenols is 1. The number of benzene rings is 1. The van der Waals surface area contributed by atoms with Crippen LogP contribution in [0.3, 0.4) is 0 Å². The summed E-state index contributed by atoms with van der Waals surface area (Å²) in [6.45, 7) is 0. The molecule has 0 atom stereocenters. The molecule has 0 spiro atoms. The van der Waals surface area contributed by atoms with E-state index >= 15 is 0 Å². The summed E-state index contributed by atoms with van der Waals surface area (Å²) >= 11 is 5.40. The molecule has 1 heterocycles. The Morgan fingerprint density at radius 3 is 2.43 bits per heavy atom. The van der Waals surface area contributed by atoms with Crippen LogP contribution in [-0.2, 0) is 6.18 Å². The number of phenolic OH excluding ortho intramolecular Hbond substituents is 1. The van der Waals surface area contributed by atoms with E-state index in [4.69, 9.17) is 11.6 Å². The first kappa shape index (κ1) is 16.7. The second-order valence-corrected chi connectivity index (χ2v) is 4.54. The van der Waals surface area contributed by atoms with Crippen LogP contribution in [0.25, 0.3) is 5.69 Å². The highest BCUT2D eigenvalue weighted by Crippen LogP contribution is 2.39. The fourth-order valence-corrected chi connectivity index (χ4v) is 1.88. The number of nitrogens with zero attached hydrogens (tertiary/aromatic N) is 3. The van der Waals surface area contributed by atoms with Gasteiger partial charge in [-0.25, -0.2) is 4.39 Å². The number of nitro benzene ring substituents is 1. The van der Waals surface area contributed by atoms with Gasteiger partial charge in [0.15, 0.2) is 11.5 Å². The van der Waals surface area contributed by atoms with Gasteiger partial charge in [0.25, 0.3) is 5.56 Å². The number of hydrogen-bond acceptors (Lipinski definition) is 5. The van der Waals surface area contributed by atoms with Crippen molar-refractivity contribution in [1.29, 1.82) is 0 Å². The van der Waals surface area contributed by atoms with Crippen molar-refractivity contribution in [3.05, 3.63) is 55.2 Å². The molecular formula is C11H4ClF4N3O4. The summed E-state index contributed by atoms with van der Waals surface area (Å²) in [4.78, 5) is 21.4. The summed E-state index contributed by atoms with van der Waals surface area (Å²) in [6, 6.07) is 0.548. The smallest absolute Gasteiger partial charge is 0.418 e. The molecule has 0 saturated heterocycles. The Kier molecular flexibility index (Phi) is 3.99. The first-order valence-corrected chi connectivity index (χ1v) is 5.94. The number of nitro groups is 1. The molecule has 2 rings (SSSR count). The van der Waals surface area contributed by atoms with Crippen LogP contribution in [0.1, 0.15) is 5.56 Å². The Morgan fingerprint density at radius 2 is 1.96 bits per heavy atom. The number of hydrogen-bond donors (Lipinski definition) is 1. The molecule has 0 bridgehead atoms. The van der Waals surface area contributed by atoms with Gasteiger partial charge in [0.1, 0.15) is 0 Å². The average molecular weight is 354 g/mol. The van der Waals surface area contributed by atoms with E-state index in [0.717, 1.165) is 0 Å². The molecule has 1 aromatic heterocycles. The quantitative estimate of drug-likeness (QED) is 0.508. The Morgan fingerprint density at radius 1 is 1.35 bits per heavy atom. The van der Waals surface area contributed by atoms with Gasteiger partial charge in [0.05, 0.1) is 21.7 Å². The van der Waals surface area contributed by atoms with E-state index in [1.807, 2.05) is 0 Å². The maximum atomic E-state index is 13.9. The largest absolute Gasteiger partial charge is 0.501 e. The minimum absolute atomic E-state index is 0.0265. The van der Waals surface area contributed by atoms with Crippen molar-refractivity contribution in [2.45, 2.75) is 6.18 Å². The minimum atomic E-state index is -4.88. The lowest BCUT2D eigenvalue weighted by Crippen LogP contribution is -2.24. The zero-order valence-corrected chi connectivity index (χ0v) is 11.4. The second-order valence-electron chi connectivity index (χ2n) is 4.14. The number of halogens is 5. The molecule has 0 amide bonds. The number of alkyl halides is 3. The molecule has 23 heavy (non-hydrogen) atoms. The van der Waals surface area contributed by atoms with Crippen molar-refractivity contribution in [2.24, 2.45) is 0 Å². The lowest BCUT2D eigenvalue weighted by Gasteiger charge is -2.10. The maximum Gasteiger partial charge on any atom is 0.418 e. The van der Waals surface area contributed by atoms with Crippen molar-refractivity contribution in [1.82, 2.24) is 9.78 Å². The van der Waals surface area contributed by atoms with Gasteiger partial charge in [0.2, 0.25) is 5.75 Å². The van der Waals surface area contributed by atoms with E-state index in [0.29, 0.717) is 6.07 Å². The fourth-order valence-electron chi connectivity index (χ4n) is 1.69. The van der Waals surface area contributed by atoms with Crippen LogP contribution >= 0.6 is 11.6 Å². The van der Waals surface area contributed by atoms with Gasteiger partial charge in [-0.2, -0.15) is 23.0 Å². The van der Waals surface area contributed by atoms with Gasteiger partial charge in [-0.05, 0) is 6.07 Å². The lowest BCUT2D eigenvalue weighted by molar-refractivity contribution is -0.385. The number of aromatic nitrogens is 2. The van der Waals surface area contributed by atoms with Crippen LogP contribution in [0.2, 0.25) is 5.02 Å². The van der Waals surface area contributed by atoms with E-state index < -0.39 is 50.2 Å². The molecule has 0 aliphatic carbocycles. The van der Waals surface area contributed by atoms with E-state index in [9.17, 15) is 37.6 Å². The zero-order valence-electron chi connectivity index (χ0n) is 10.6. The average Bonchev–Trinajstić information content (AvgIpc) is 2.41. The first-order valence-electron chi connectivity index (χ1n) is 5.56. The Hall–Kier alpha value is -2.69. The Balaban J connectivity index is 2.81. The topological polar surface area (TPSA) is 98.3 Å². The molecule has 0 unspecified atom stereocenters. The zero-order chi connectivity index (χ0) is 17.5. The summed E-state index contributed by atoms with van der Waals surface area (Å²) in [5, 5.41) is 22.9. The monoisotopic (exact) mass is 353 g/mol. The summed E-state index contributed by atoms with van der Waals surface area (Å²) in [5.74, 6) is -2.57. The third kappa shape index (κ3) is 2.95. The highest BCUT2D eigenvalue weighted by molar-refractivity contribution is 6.32. The van der Waals surface area contributed by atoms with Crippen LogP contribution in [0.5, 0.6) is 5.75 Å². The summed E-state index contributed by atoms with van der Waals surface area (Å²) in [7, 11) is 0. The van der Waals surface area contributed by atoms with Crippen LogP contribution in [-0.4, -0.2) is 19.8 Å². The summed E-state index contributed by atoms with van der Waals surface area (Å²) in [6.07, 6.45) is -4.69. The van der Waals surface area contributed by atoms with E-state index in [1.54, 1.807) is 0 Å². The second kappa shape index (κ2) is 5.50. The molecule has 12 heteroatoms. The molecule has 0 fully saturated rings. The predicted octanol–water partition coefficient (Wildman–Crippen LogP) is 2.66. The van der Waals surface area contributed by atoms with Crippen molar-refractivity contribution in [3.63, 3.8) is 0 Å². The van der Waals surface area contributed by atoms with E-state index in [2.05, 4.69) is 5.10 Å². The highest BCUT2D eigenvalue weighted by atomic mass is 35.5.